The molecule has 6 nitrogen and oxygen atoms in total. The molecule has 0 spiro atoms. The van der Waals surface area contributed by atoms with Crippen molar-refractivity contribution in [3.8, 4) is 0 Å². The maximum Gasteiger partial charge on any atom is 0.253 e. The Morgan fingerprint density at radius 2 is 1.68 bits per heavy atom. The molecule has 0 aromatic heterocycles. The molecule has 0 unspecified atom stereocenters. The van der Waals surface area contributed by atoms with Crippen molar-refractivity contribution in [1.82, 2.24) is 9.21 Å². The smallest absolute Gasteiger partial charge is 0.253 e. The number of benzene rings is 1. The van der Waals surface area contributed by atoms with E-state index in [4.69, 9.17) is 5.73 Å². The molecule has 2 N–H and O–H groups in total. The summed E-state index contributed by atoms with van der Waals surface area (Å²) in [5.41, 5.74) is 6.31. The van der Waals surface area contributed by atoms with Crippen LogP contribution in [0.4, 0.5) is 0 Å². The van der Waals surface area contributed by atoms with Crippen molar-refractivity contribution < 1.29 is 13.2 Å². The van der Waals surface area contributed by atoms with E-state index in [0.717, 1.165) is 32.1 Å². The minimum Gasteiger partial charge on any atom is -0.339 e. The van der Waals surface area contributed by atoms with E-state index in [9.17, 15) is 13.2 Å². The first-order valence-corrected chi connectivity index (χ1v) is 10.1. The fraction of sp³-hybridized carbons (Fsp3) is 0.588. The molecule has 2 aliphatic rings. The summed E-state index contributed by atoms with van der Waals surface area (Å²) in [5, 5.41) is 0. The fourth-order valence-electron chi connectivity index (χ4n) is 3.33. The lowest BCUT2D eigenvalue weighted by molar-refractivity contribution is 0.0714. The number of sulfonamides is 1. The minimum absolute atomic E-state index is 0. The Morgan fingerprint density at radius 3 is 2.32 bits per heavy atom. The lowest BCUT2D eigenvalue weighted by Crippen LogP contribution is -2.42. The average molecular weight is 388 g/mol. The molecule has 2 aliphatic heterocycles. The summed E-state index contributed by atoms with van der Waals surface area (Å²) in [4.78, 5) is 14.6. The highest BCUT2D eigenvalue weighted by Crippen LogP contribution is 2.22. The molecule has 0 saturated carbocycles. The molecule has 140 valence electrons. The van der Waals surface area contributed by atoms with E-state index >= 15 is 0 Å². The van der Waals surface area contributed by atoms with E-state index in [1.807, 2.05) is 0 Å². The second kappa shape index (κ2) is 8.49. The summed E-state index contributed by atoms with van der Waals surface area (Å²) in [7, 11) is -3.51. The van der Waals surface area contributed by atoms with Crippen molar-refractivity contribution in [1.29, 1.82) is 0 Å². The van der Waals surface area contributed by atoms with Gasteiger partial charge in [-0.15, -0.1) is 12.4 Å². The summed E-state index contributed by atoms with van der Waals surface area (Å²) in [5.74, 6) is -0.113. The number of rotatable bonds is 3. The van der Waals surface area contributed by atoms with E-state index in [1.165, 1.54) is 10.4 Å². The topological polar surface area (TPSA) is 83.7 Å². The third kappa shape index (κ3) is 4.53. The molecule has 1 aromatic carbocycles. The molecule has 2 heterocycles. The molecule has 8 heteroatoms. The number of carbonyl (C=O) groups is 1. The third-order valence-electron chi connectivity index (χ3n) is 4.86. The fourth-order valence-corrected chi connectivity index (χ4v) is 4.89. The van der Waals surface area contributed by atoms with Crippen LogP contribution in [0.15, 0.2) is 29.2 Å². The van der Waals surface area contributed by atoms with Crippen LogP contribution in [0.3, 0.4) is 0 Å². The molecule has 2 fully saturated rings. The van der Waals surface area contributed by atoms with Gasteiger partial charge in [0.25, 0.3) is 5.91 Å². The van der Waals surface area contributed by atoms with Gasteiger partial charge in [-0.3, -0.25) is 4.79 Å². The van der Waals surface area contributed by atoms with Crippen LogP contribution in [0.25, 0.3) is 0 Å². The van der Waals surface area contributed by atoms with Crippen molar-refractivity contribution in [3.05, 3.63) is 29.8 Å². The zero-order valence-electron chi connectivity index (χ0n) is 14.3. The first kappa shape index (κ1) is 20.2. The number of likely N-dealkylation sites (tertiary alicyclic amines) is 1. The van der Waals surface area contributed by atoms with Gasteiger partial charge in [0.15, 0.2) is 0 Å². The Kier molecular flexibility index (Phi) is 6.85. The Bertz CT molecular complexity index is 697. The van der Waals surface area contributed by atoms with Crippen LogP contribution in [-0.4, -0.2) is 55.8 Å². The van der Waals surface area contributed by atoms with Crippen molar-refractivity contribution >= 4 is 28.3 Å². The van der Waals surface area contributed by atoms with Crippen LogP contribution < -0.4 is 5.73 Å². The van der Waals surface area contributed by atoms with Gasteiger partial charge in [-0.05, 0) is 43.9 Å². The number of piperidine rings is 2. The number of carbonyl (C=O) groups excluding carboxylic acids is 1. The zero-order chi connectivity index (χ0) is 17.2. The maximum absolute atomic E-state index is 12.8. The summed E-state index contributed by atoms with van der Waals surface area (Å²) in [6.45, 7) is 2.38. The quantitative estimate of drug-likeness (QED) is 0.857. The summed E-state index contributed by atoms with van der Waals surface area (Å²) in [6, 6.07) is 6.58. The summed E-state index contributed by atoms with van der Waals surface area (Å²) < 4.78 is 27.1. The molecule has 0 bridgehead atoms. The zero-order valence-corrected chi connectivity index (χ0v) is 15.9. The van der Waals surface area contributed by atoms with E-state index in [0.29, 0.717) is 31.7 Å². The Balaban J connectivity index is 0.00000225. The van der Waals surface area contributed by atoms with E-state index in [1.54, 1.807) is 23.1 Å². The molecule has 25 heavy (non-hydrogen) atoms. The van der Waals surface area contributed by atoms with Gasteiger partial charge in [0.2, 0.25) is 10.0 Å². The van der Waals surface area contributed by atoms with Gasteiger partial charge in [0.05, 0.1) is 4.90 Å². The highest BCUT2D eigenvalue weighted by Gasteiger charge is 2.27. The second-order valence-corrected chi connectivity index (χ2v) is 8.56. The molecule has 0 radical (unpaired) electrons. The highest BCUT2D eigenvalue weighted by molar-refractivity contribution is 7.89. The normalized spacial score (nSPS) is 20.1. The summed E-state index contributed by atoms with van der Waals surface area (Å²) in [6.07, 6.45) is 4.44. The van der Waals surface area contributed by atoms with Crippen LogP contribution in [-0.2, 0) is 10.0 Å². The lowest BCUT2D eigenvalue weighted by Gasteiger charge is -2.30. The second-order valence-electron chi connectivity index (χ2n) is 6.62. The van der Waals surface area contributed by atoms with Crippen molar-refractivity contribution in [2.24, 2.45) is 5.73 Å². The van der Waals surface area contributed by atoms with Crippen LogP contribution in [0.1, 0.15) is 42.5 Å². The lowest BCUT2D eigenvalue weighted by atomic mass is 10.0. The predicted octanol–water partition coefficient (Wildman–Crippen LogP) is 1.85. The van der Waals surface area contributed by atoms with Gasteiger partial charge in [-0.25, -0.2) is 8.42 Å². The highest BCUT2D eigenvalue weighted by atomic mass is 35.5. The third-order valence-corrected chi connectivity index (χ3v) is 6.76. The van der Waals surface area contributed by atoms with Gasteiger partial charge >= 0.3 is 0 Å². The summed E-state index contributed by atoms with van der Waals surface area (Å²) >= 11 is 0. The van der Waals surface area contributed by atoms with Crippen LogP contribution >= 0.6 is 12.4 Å². The molecular formula is C17H26ClN3O3S. The van der Waals surface area contributed by atoms with E-state index in [-0.39, 0.29) is 29.3 Å². The largest absolute Gasteiger partial charge is 0.339 e. The molecule has 0 atom stereocenters. The first-order valence-electron chi connectivity index (χ1n) is 8.63. The number of halogens is 1. The number of nitrogens with two attached hydrogens (primary N) is 1. The molecule has 1 amide bonds. The van der Waals surface area contributed by atoms with E-state index < -0.39 is 10.0 Å². The molecular weight excluding hydrogens is 362 g/mol. The average Bonchev–Trinajstić information content (AvgIpc) is 2.62. The molecule has 1 aromatic rings. The number of nitrogens with zero attached hydrogens (tertiary/aromatic N) is 2. The van der Waals surface area contributed by atoms with Crippen LogP contribution in [0.2, 0.25) is 0 Å². The maximum atomic E-state index is 12.8. The number of hydrogen-bond donors (Lipinski definition) is 1. The minimum atomic E-state index is -3.51. The Hall–Kier alpha value is -1.15. The van der Waals surface area contributed by atoms with Gasteiger partial charge in [-0.2, -0.15) is 4.31 Å². The monoisotopic (exact) mass is 387 g/mol. The predicted molar refractivity (Wildman–Crippen MR) is 99.4 cm³/mol. The first-order chi connectivity index (χ1) is 11.5. The van der Waals surface area contributed by atoms with Gasteiger partial charge < -0.3 is 10.6 Å². The standard InChI is InChI=1S/C17H25N3O3S.ClH/c18-15-7-11-19(12-8-15)17(21)14-5-4-6-16(13-14)24(22,23)20-9-2-1-3-10-20;/h4-6,13,15H,1-3,7-12,18H2;1H. The SMILES string of the molecule is Cl.NC1CCN(C(=O)c2cccc(S(=O)(=O)N3CCCCC3)c2)CC1. The molecule has 0 aliphatic carbocycles. The Morgan fingerprint density at radius 1 is 1.04 bits per heavy atom. The van der Waals surface area contributed by atoms with Crippen molar-refractivity contribution in [2.45, 2.75) is 43.0 Å². The van der Waals surface area contributed by atoms with E-state index in [2.05, 4.69) is 0 Å². The van der Waals surface area contributed by atoms with Gasteiger partial charge in [-0.1, -0.05) is 12.5 Å². The van der Waals surface area contributed by atoms with Crippen molar-refractivity contribution in [3.63, 3.8) is 0 Å². The van der Waals surface area contributed by atoms with Crippen LogP contribution in [0.5, 0.6) is 0 Å². The molecule has 2 saturated heterocycles. The number of amides is 1. The van der Waals surface area contributed by atoms with Gasteiger partial charge in [0.1, 0.15) is 0 Å². The molecule has 3 rings (SSSR count). The van der Waals surface area contributed by atoms with Crippen LogP contribution in [0, 0.1) is 0 Å². The van der Waals surface area contributed by atoms with Crippen molar-refractivity contribution in [2.75, 3.05) is 26.2 Å². The van der Waals surface area contributed by atoms with Gasteiger partial charge in [0, 0.05) is 37.8 Å². The Labute approximate surface area is 155 Å². The number of hydrogen-bond acceptors (Lipinski definition) is 4.